The second-order valence-corrected chi connectivity index (χ2v) is 8.37. The molecule has 5 N–H and O–H groups in total. The van der Waals surface area contributed by atoms with Crippen LogP contribution in [-0.2, 0) is 19.2 Å². The Hall–Kier alpha value is -2.16. The predicted molar refractivity (Wildman–Crippen MR) is 109 cm³/mol. The third-order valence-electron chi connectivity index (χ3n) is 5.41. The number of carboxylic acids is 1. The number of carbonyl (C=O) groups is 4. The van der Waals surface area contributed by atoms with Gasteiger partial charge in [0, 0.05) is 6.54 Å². The third-order valence-corrected chi connectivity index (χ3v) is 5.41. The SMILES string of the molecule is CCC(C)C(NC(=O)C(N)CC(C)C)C(=O)NC(C)C(=O)N1CCCC1C(=O)O. The fourth-order valence-electron chi connectivity index (χ4n) is 3.48. The molecule has 1 heterocycles. The summed E-state index contributed by atoms with van der Waals surface area (Å²) in [6.07, 6.45) is 2.16. The summed E-state index contributed by atoms with van der Waals surface area (Å²) in [5.41, 5.74) is 5.92. The largest absolute Gasteiger partial charge is 0.480 e. The molecule has 1 rings (SSSR count). The van der Waals surface area contributed by atoms with Gasteiger partial charge in [-0.1, -0.05) is 34.1 Å². The molecule has 1 saturated heterocycles. The zero-order chi connectivity index (χ0) is 22.3. The second kappa shape index (κ2) is 11.1. The Morgan fingerprint density at radius 2 is 1.72 bits per heavy atom. The maximum Gasteiger partial charge on any atom is 0.326 e. The van der Waals surface area contributed by atoms with E-state index in [1.165, 1.54) is 11.8 Å². The lowest BCUT2D eigenvalue weighted by Gasteiger charge is -2.29. The van der Waals surface area contributed by atoms with Crippen molar-refractivity contribution in [3.63, 3.8) is 0 Å². The Morgan fingerprint density at radius 3 is 2.24 bits per heavy atom. The van der Waals surface area contributed by atoms with Gasteiger partial charge in [0.2, 0.25) is 17.7 Å². The number of amides is 3. The van der Waals surface area contributed by atoms with E-state index in [4.69, 9.17) is 5.73 Å². The minimum Gasteiger partial charge on any atom is -0.480 e. The molecule has 0 aliphatic carbocycles. The first kappa shape index (κ1) is 24.9. The summed E-state index contributed by atoms with van der Waals surface area (Å²) in [5.74, 6) is -2.27. The number of hydrogen-bond acceptors (Lipinski definition) is 5. The number of carboxylic acid groups (broad SMARTS) is 1. The van der Waals surface area contributed by atoms with Crippen LogP contribution in [-0.4, -0.2) is 64.4 Å². The van der Waals surface area contributed by atoms with E-state index < -0.39 is 47.9 Å². The van der Waals surface area contributed by atoms with Gasteiger partial charge in [0.15, 0.2) is 0 Å². The first-order chi connectivity index (χ1) is 13.5. The lowest BCUT2D eigenvalue weighted by atomic mass is 9.96. The van der Waals surface area contributed by atoms with Crippen molar-refractivity contribution in [3.8, 4) is 0 Å². The van der Waals surface area contributed by atoms with Crippen LogP contribution in [0.1, 0.15) is 60.3 Å². The molecule has 166 valence electrons. The zero-order valence-corrected chi connectivity index (χ0v) is 18.1. The van der Waals surface area contributed by atoms with Gasteiger partial charge >= 0.3 is 5.97 Å². The van der Waals surface area contributed by atoms with Gasteiger partial charge in [-0.15, -0.1) is 0 Å². The highest BCUT2D eigenvalue weighted by Crippen LogP contribution is 2.18. The van der Waals surface area contributed by atoms with Crippen LogP contribution < -0.4 is 16.4 Å². The van der Waals surface area contributed by atoms with Crippen molar-refractivity contribution in [3.05, 3.63) is 0 Å². The van der Waals surface area contributed by atoms with E-state index in [-0.39, 0.29) is 11.8 Å². The van der Waals surface area contributed by atoms with Crippen LogP contribution in [0.25, 0.3) is 0 Å². The molecule has 0 aromatic carbocycles. The molecule has 1 fully saturated rings. The number of aliphatic carboxylic acids is 1. The van der Waals surface area contributed by atoms with E-state index in [9.17, 15) is 24.3 Å². The first-order valence-corrected chi connectivity index (χ1v) is 10.4. The molecule has 5 unspecified atom stereocenters. The summed E-state index contributed by atoms with van der Waals surface area (Å²) in [6.45, 7) is 9.54. The molecule has 5 atom stereocenters. The number of nitrogens with two attached hydrogens (primary N) is 1. The topological polar surface area (TPSA) is 142 Å². The summed E-state index contributed by atoms with van der Waals surface area (Å²) in [4.78, 5) is 50.5. The normalized spacial score (nSPS) is 20.7. The minimum absolute atomic E-state index is 0.161. The standard InChI is InChI=1S/C20H36N4O5/c1-6-12(4)16(23-17(25)14(21)10-11(2)3)18(26)22-13(5)19(27)24-9-7-8-15(24)20(28)29/h11-16H,6-10,21H2,1-5H3,(H,22,26)(H,23,25)(H,28,29). The van der Waals surface area contributed by atoms with Gasteiger partial charge in [0.25, 0.3) is 0 Å². The minimum atomic E-state index is -1.04. The Bertz CT molecular complexity index is 610. The van der Waals surface area contributed by atoms with Gasteiger partial charge < -0.3 is 26.4 Å². The maximum atomic E-state index is 12.8. The van der Waals surface area contributed by atoms with Crippen molar-refractivity contribution < 1.29 is 24.3 Å². The van der Waals surface area contributed by atoms with Crippen LogP contribution in [0.15, 0.2) is 0 Å². The van der Waals surface area contributed by atoms with E-state index in [0.717, 1.165) is 0 Å². The van der Waals surface area contributed by atoms with Crippen molar-refractivity contribution in [2.75, 3.05) is 6.54 Å². The average Bonchev–Trinajstić information content (AvgIpc) is 3.13. The quantitative estimate of drug-likeness (QED) is 0.411. The highest BCUT2D eigenvalue weighted by molar-refractivity contribution is 5.94. The number of rotatable bonds is 10. The number of nitrogens with zero attached hydrogens (tertiary/aromatic N) is 1. The lowest BCUT2D eigenvalue weighted by molar-refractivity contribution is -0.149. The van der Waals surface area contributed by atoms with Crippen molar-refractivity contribution in [1.29, 1.82) is 0 Å². The highest BCUT2D eigenvalue weighted by Gasteiger charge is 2.37. The smallest absolute Gasteiger partial charge is 0.326 e. The summed E-state index contributed by atoms with van der Waals surface area (Å²) < 4.78 is 0. The molecule has 1 aliphatic rings. The van der Waals surface area contributed by atoms with E-state index >= 15 is 0 Å². The Labute approximate surface area is 172 Å². The molecule has 9 nitrogen and oxygen atoms in total. The van der Waals surface area contributed by atoms with Crippen LogP contribution in [0.4, 0.5) is 0 Å². The van der Waals surface area contributed by atoms with Crippen LogP contribution >= 0.6 is 0 Å². The fraction of sp³-hybridized carbons (Fsp3) is 0.800. The molecule has 0 bridgehead atoms. The molecule has 9 heteroatoms. The van der Waals surface area contributed by atoms with Crippen molar-refractivity contribution >= 4 is 23.7 Å². The molecule has 29 heavy (non-hydrogen) atoms. The fourth-order valence-corrected chi connectivity index (χ4v) is 3.48. The second-order valence-electron chi connectivity index (χ2n) is 8.37. The zero-order valence-electron chi connectivity index (χ0n) is 18.1. The summed E-state index contributed by atoms with van der Waals surface area (Å²) in [5, 5.41) is 14.6. The summed E-state index contributed by atoms with van der Waals surface area (Å²) in [7, 11) is 0. The summed E-state index contributed by atoms with van der Waals surface area (Å²) in [6, 6.07) is -3.29. The molecule has 0 aromatic rings. The Balaban J connectivity index is 2.80. The van der Waals surface area contributed by atoms with Gasteiger partial charge in [-0.2, -0.15) is 0 Å². The molecular formula is C20H36N4O5. The maximum absolute atomic E-state index is 12.8. The molecular weight excluding hydrogens is 376 g/mol. The number of carbonyl (C=O) groups excluding carboxylic acids is 3. The molecule has 0 radical (unpaired) electrons. The molecule has 0 spiro atoms. The number of nitrogens with one attached hydrogen (secondary N) is 2. The van der Waals surface area contributed by atoms with E-state index in [0.29, 0.717) is 32.2 Å². The molecule has 3 amide bonds. The van der Waals surface area contributed by atoms with Gasteiger partial charge in [-0.3, -0.25) is 14.4 Å². The van der Waals surface area contributed by atoms with Gasteiger partial charge in [0.05, 0.1) is 6.04 Å². The first-order valence-electron chi connectivity index (χ1n) is 10.4. The van der Waals surface area contributed by atoms with Crippen LogP contribution in [0, 0.1) is 11.8 Å². The van der Waals surface area contributed by atoms with E-state index in [1.807, 2.05) is 27.7 Å². The predicted octanol–water partition coefficient (Wildman–Crippen LogP) is 0.471. The van der Waals surface area contributed by atoms with Crippen molar-refractivity contribution in [2.45, 2.75) is 84.5 Å². The molecule has 0 aromatic heterocycles. The van der Waals surface area contributed by atoms with E-state index in [2.05, 4.69) is 10.6 Å². The Kier molecular flexibility index (Phi) is 9.55. The molecule has 0 saturated carbocycles. The number of likely N-dealkylation sites (tertiary alicyclic amines) is 1. The number of hydrogen-bond donors (Lipinski definition) is 4. The van der Waals surface area contributed by atoms with Crippen molar-refractivity contribution in [2.24, 2.45) is 17.6 Å². The molecule has 1 aliphatic heterocycles. The monoisotopic (exact) mass is 412 g/mol. The van der Waals surface area contributed by atoms with E-state index in [1.54, 1.807) is 0 Å². The Morgan fingerprint density at radius 1 is 1.10 bits per heavy atom. The van der Waals surface area contributed by atoms with Crippen LogP contribution in [0.2, 0.25) is 0 Å². The summed E-state index contributed by atoms with van der Waals surface area (Å²) >= 11 is 0. The average molecular weight is 413 g/mol. The van der Waals surface area contributed by atoms with Gasteiger partial charge in [0.1, 0.15) is 18.1 Å². The lowest BCUT2D eigenvalue weighted by Crippen LogP contribution is -2.58. The van der Waals surface area contributed by atoms with Crippen LogP contribution in [0.5, 0.6) is 0 Å². The van der Waals surface area contributed by atoms with Gasteiger partial charge in [-0.25, -0.2) is 4.79 Å². The highest BCUT2D eigenvalue weighted by atomic mass is 16.4. The third kappa shape index (κ3) is 6.99. The van der Waals surface area contributed by atoms with Crippen LogP contribution in [0.3, 0.4) is 0 Å². The van der Waals surface area contributed by atoms with Crippen molar-refractivity contribution in [1.82, 2.24) is 15.5 Å². The van der Waals surface area contributed by atoms with Gasteiger partial charge in [-0.05, 0) is 38.0 Å².